The highest BCUT2D eigenvalue weighted by Crippen LogP contribution is 2.32. The summed E-state index contributed by atoms with van der Waals surface area (Å²) >= 11 is 0. The number of carboxylic acid groups (broad SMARTS) is 2. The van der Waals surface area contributed by atoms with E-state index in [0.29, 0.717) is 47.4 Å². The van der Waals surface area contributed by atoms with Gasteiger partial charge in [-0.15, -0.1) is 0 Å². The molecule has 3 heterocycles. The molecule has 232 valence electrons. The molecule has 0 aromatic carbocycles. The number of allylic oxidation sites excluding steroid dienone is 7. The third-order valence-electron chi connectivity index (χ3n) is 8.33. The van der Waals surface area contributed by atoms with Crippen LogP contribution < -0.4 is 10.6 Å². The number of aliphatic carboxylic acids is 2. The Bertz CT molecular complexity index is 1650. The van der Waals surface area contributed by atoms with Crippen molar-refractivity contribution in [1.29, 1.82) is 0 Å². The van der Waals surface area contributed by atoms with E-state index in [0.717, 1.165) is 50.4 Å². The molecule has 9 heteroatoms. The number of hydrogen-bond donors (Lipinski definition) is 5. The minimum Gasteiger partial charge on any atom is -0.481 e. The molecule has 44 heavy (non-hydrogen) atoms. The second-order valence-electron chi connectivity index (χ2n) is 11.2. The molecule has 0 radical (unpaired) electrons. The Labute approximate surface area is 258 Å². The van der Waals surface area contributed by atoms with Gasteiger partial charge < -0.3 is 25.8 Å². The fourth-order valence-corrected chi connectivity index (χ4v) is 5.59. The van der Waals surface area contributed by atoms with Crippen LogP contribution in [0.3, 0.4) is 0 Å². The monoisotopic (exact) mass is 599 g/mol. The number of carbonyl (C=O) groups excluding carboxylic acids is 2. The lowest BCUT2D eigenvalue weighted by Crippen LogP contribution is -2.15. The first-order valence-electron chi connectivity index (χ1n) is 14.4. The Morgan fingerprint density at radius 1 is 0.818 bits per heavy atom. The Morgan fingerprint density at radius 3 is 2.00 bits per heavy atom. The highest BCUT2D eigenvalue weighted by atomic mass is 16.4. The summed E-state index contributed by atoms with van der Waals surface area (Å²) in [7, 11) is 0. The van der Waals surface area contributed by atoms with Gasteiger partial charge in [0.1, 0.15) is 0 Å². The van der Waals surface area contributed by atoms with Crippen molar-refractivity contribution in [2.75, 3.05) is 0 Å². The third kappa shape index (κ3) is 7.34. The standard InChI is InChI=1S/C35H41N3O6/c1-9-24-23(8)34(43)38-31(24)17-29-22(7)27(12-14-33(41)42)30(36-29)16-19(4)26(11-13-32(39)40)20(5)18(3)15-28-21(6)25(10-2)35(44)37-28/h9-10,15,17,36H,1-2,11-14,16H2,3-8H3,(H,37,44)(H,38,43)(H,39,40)(H,41,42)/b20-18+,26-19+,28-15-,31-17-. The molecule has 0 saturated carbocycles. The quantitative estimate of drug-likeness (QED) is 0.179. The molecule has 0 atom stereocenters. The van der Waals surface area contributed by atoms with Crippen molar-refractivity contribution in [2.45, 2.75) is 73.6 Å². The number of rotatable bonds is 13. The van der Waals surface area contributed by atoms with Gasteiger partial charge in [-0.3, -0.25) is 19.2 Å². The van der Waals surface area contributed by atoms with Gasteiger partial charge >= 0.3 is 11.9 Å². The molecular formula is C35H41N3O6. The van der Waals surface area contributed by atoms with E-state index < -0.39 is 11.9 Å². The molecule has 0 bridgehead atoms. The van der Waals surface area contributed by atoms with E-state index in [2.05, 4.69) is 28.8 Å². The molecule has 9 nitrogen and oxygen atoms in total. The van der Waals surface area contributed by atoms with Crippen LogP contribution in [-0.4, -0.2) is 39.0 Å². The number of hydrogen-bond acceptors (Lipinski definition) is 4. The van der Waals surface area contributed by atoms with E-state index >= 15 is 0 Å². The summed E-state index contributed by atoms with van der Waals surface area (Å²) in [5, 5.41) is 24.7. The highest BCUT2D eigenvalue weighted by molar-refractivity contribution is 6.03. The number of nitrogens with one attached hydrogen (secondary N) is 3. The average Bonchev–Trinajstić information content (AvgIpc) is 3.50. The number of aromatic nitrogens is 1. The minimum atomic E-state index is -0.914. The van der Waals surface area contributed by atoms with Crippen molar-refractivity contribution < 1.29 is 29.4 Å². The summed E-state index contributed by atoms with van der Waals surface area (Å²) in [6, 6.07) is 0. The molecule has 1 aromatic heterocycles. The summed E-state index contributed by atoms with van der Waals surface area (Å²) in [4.78, 5) is 51.1. The van der Waals surface area contributed by atoms with Crippen LogP contribution in [-0.2, 0) is 32.0 Å². The van der Waals surface area contributed by atoms with E-state index in [1.54, 1.807) is 13.0 Å². The van der Waals surface area contributed by atoms with Crippen LogP contribution in [0, 0.1) is 6.92 Å². The molecule has 0 aliphatic carbocycles. The molecule has 0 spiro atoms. The van der Waals surface area contributed by atoms with Gasteiger partial charge in [0.05, 0.1) is 5.70 Å². The lowest BCUT2D eigenvalue weighted by atomic mass is 9.90. The summed E-state index contributed by atoms with van der Waals surface area (Å²) in [6.45, 7) is 18.9. The number of aromatic amines is 1. The predicted molar refractivity (Wildman–Crippen MR) is 171 cm³/mol. The van der Waals surface area contributed by atoms with Crippen molar-refractivity contribution in [1.82, 2.24) is 15.6 Å². The molecule has 0 fully saturated rings. The zero-order valence-corrected chi connectivity index (χ0v) is 26.3. The van der Waals surface area contributed by atoms with Crippen molar-refractivity contribution in [3.63, 3.8) is 0 Å². The highest BCUT2D eigenvalue weighted by Gasteiger charge is 2.24. The third-order valence-corrected chi connectivity index (χ3v) is 8.33. The van der Waals surface area contributed by atoms with Gasteiger partial charge in [0.2, 0.25) is 0 Å². The number of carbonyl (C=O) groups is 4. The van der Waals surface area contributed by atoms with Crippen LogP contribution >= 0.6 is 0 Å². The van der Waals surface area contributed by atoms with E-state index in [4.69, 9.17) is 0 Å². The summed E-state index contributed by atoms with van der Waals surface area (Å²) in [5.41, 5.74) is 10.8. The maximum absolute atomic E-state index is 12.3. The zero-order valence-electron chi connectivity index (χ0n) is 26.3. The van der Waals surface area contributed by atoms with Gasteiger partial charge in [-0.2, -0.15) is 0 Å². The molecule has 0 saturated heterocycles. The molecule has 1 aromatic rings. The molecular weight excluding hydrogens is 558 g/mol. The van der Waals surface area contributed by atoms with Crippen LogP contribution in [0.2, 0.25) is 0 Å². The van der Waals surface area contributed by atoms with Gasteiger partial charge in [0.15, 0.2) is 0 Å². The van der Waals surface area contributed by atoms with Gasteiger partial charge in [-0.05, 0) is 100.0 Å². The smallest absolute Gasteiger partial charge is 0.303 e. The largest absolute Gasteiger partial charge is 0.481 e. The molecule has 0 unspecified atom stereocenters. The van der Waals surface area contributed by atoms with Crippen LogP contribution in [0.25, 0.3) is 6.08 Å². The van der Waals surface area contributed by atoms with Crippen molar-refractivity contribution in [3.05, 3.63) is 110 Å². The van der Waals surface area contributed by atoms with Crippen LogP contribution in [0.1, 0.15) is 76.4 Å². The molecule has 2 aliphatic rings. The predicted octanol–water partition coefficient (Wildman–Crippen LogP) is 5.89. The lowest BCUT2D eigenvalue weighted by Gasteiger charge is -2.16. The zero-order chi connectivity index (χ0) is 32.9. The normalized spacial score (nSPS) is 18.0. The Kier molecular flexibility index (Phi) is 10.7. The van der Waals surface area contributed by atoms with Crippen molar-refractivity contribution in [2.24, 2.45) is 0 Å². The maximum atomic E-state index is 12.3. The van der Waals surface area contributed by atoms with Gasteiger partial charge in [-0.1, -0.05) is 30.9 Å². The maximum Gasteiger partial charge on any atom is 0.303 e. The van der Waals surface area contributed by atoms with Gasteiger partial charge in [0, 0.05) is 53.1 Å². The van der Waals surface area contributed by atoms with E-state index in [9.17, 15) is 29.4 Å². The molecule has 5 N–H and O–H groups in total. The topological polar surface area (TPSA) is 149 Å². The van der Waals surface area contributed by atoms with E-state index in [1.165, 1.54) is 6.08 Å². The first-order valence-corrected chi connectivity index (χ1v) is 14.4. The number of amides is 2. The van der Waals surface area contributed by atoms with Crippen LogP contribution in [0.5, 0.6) is 0 Å². The van der Waals surface area contributed by atoms with E-state index in [-0.39, 0.29) is 24.7 Å². The average molecular weight is 600 g/mol. The number of carboxylic acids is 2. The van der Waals surface area contributed by atoms with Gasteiger partial charge in [0.25, 0.3) is 11.8 Å². The van der Waals surface area contributed by atoms with Gasteiger partial charge in [-0.25, -0.2) is 0 Å². The van der Waals surface area contributed by atoms with Crippen molar-refractivity contribution in [3.8, 4) is 0 Å². The fraction of sp³-hybridized carbons (Fsp3) is 0.314. The lowest BCUT2D eigenvalue weighted by molar-refractivity contribution is -0.138. The van der Waals surface area contributed by atoms with E-state index in [1.807, 2.05) is 46.8 Å². The first kappa shape index (κ1) is 33.6. The molecule has 3 rings (SSSR count). The Balaban J connectivity index is 2.12. The van der Waals surface area contributed by atoms with Crippen LogP contribution in [0.15, 0.2) is 87.4 Å². The Hall–Kier alpha value is -4.92. The minimum absolute atomic E-state index is 0.0547. The Morgan fingerprint density at radius 2 is 1.43 bits per heavy atom. The fourth-order valence-electron chi connectivity index (χ4n) is 5.59. The second-order valence-corrected chi connectivity index (χ2v) is 11.2. The summed E-state index contributed by atoms with van der Waals surface area (Å²) in [5.74, 6) is -2.23. The summed E-state index contributed by atoms with van der Waals surface area (Å²) < 4.78 is 0. The first-order chi connectivity index (χ1) is 20.7. The molecule has 2 amide bonds. The van der Waals surface area contributed by atoms with Crippen LogP contribution in [0.4, 0.5) is 0 Å². The number of H-pyrrole nitrogens is 1. The summed E-state index contributed by atoms with van der Waals surface area (Å²) in [6.07, 6.45) is 7.80. The second kappa shape index (κ2) is 14.0. The van der Waals surface area contributed by atoms with Crippen molar-refractivity contribution >= 4 is 29.8 Å². The SMILES string of the molecule is C=CC1=C(C)/C(=C/C(C)=C(C)/C(CCC(=O)O)=C(\C)Cc2[nH]c(/C=C3\NC(=O)C(C)=C3C=C)c(C)c2CCC(=O)O)NC1=O. The molecule has 2 aliphatic heterocycles.